The van der Waals surface area contributed by atoms with Crippen molar-refractivity contribution < 1.29 is 22.7 Å². The highest BCUT2D eigenvalue weighted by molar-refractivity contribution is 5.75. The van der Waals surface area contributed by atoms with Crippen LogP contribution in [0.25, 0.3) is 0 Å². The van der Waals surface area contributed by atoms with E-state index in [0.717, 1.165) is 6.08 Å². The predicted molar refractivity (Wildman–Crippen MR) is 31.8 cm³/mol. The number of alkyl halides is 3. The number of hydrogen-bond acceptors (Lipinski definition) is 2. The fraction of sp³-hybridized carbons (Fsp3) is 0.500. The Morgan fingerprint density at radius 1 is 1.64 bits per heavy atom. The lowest BCUT2D eigenvalue weighted by Crippen LogP contribution is -2.28. The maximum absolute atomic E-state index is 11.4. The topological polar surface area (TPSA) is 26.3 Å². The van der Waals surface area contributed by atoms with E-state index < -0.39 is 18.2 Å². The molecule has 0 aromatic carbocycles. The molecule has 0 saturated carbocycles. The molecule has 0 aliphatic heterocycles. The molecule has 0 saturated heterocycles. The molecule has 0 bridgehead atoms. The van der Waals surface area contributed by atoms with E-state index in [0.29, 0.717) is 0 Å². The van der Waals surface area contributed by atoms with E-state index in [1.54, 1.807) is 0 Å². The van der Waals surface area contributed by atoms with Crippen molar-refractivity contribution in [3.8, 4) is 0 Å². The lowest BCUT2D eigenvalue weighted by Gasteiger charge is -2.09. The van der Waals surface area contributed by atoms with Crippen LogP contribution in [0.4, 0.5) is 13.2 Å². The number of carbonyl (C=O) groups excluding carboxylic acids is 1. The van der Waals surface area contributed by atoms with Crippen molar-refractivity contribution in [1.82, 2.24) is 0 Å². The summed E-state index contributed by atoms with van der Waals surface area (Å²) in [5.74, 6) is -2.19. The van der Waals surface area contributed by atoms with E-state index >= 15 is 0 Å². The molecule has 0 heterocycles. The summed E-state index contributed by atoms with van der Waals surface area (Å²) >= 11 is 0. The minimum absolute atomic E-state index is 0.913. The van der Waals surface area contributed by atoms with Crippen LogP contribution in [0.1, 0.15) is 6.92 Å². The zero-order chi connectivity index (χ0) is 9.07. The summed E-state index contributed by atoms with van der Waals surface area (Å²) in [6.45, 7) is 4.44. The van der Waals surface area contributed by atoms with E-state index in [1.165, 1.54) is 6.92 Å². The van der Waals surface area contributed by atoms with Crippen molar-refractivity contribution in [2.75, 3.05) is 0 Å². The van der Waals surface area contributed by atoms with E-state index in [4.69, 9.17) is 0 Å². The zero-order valence-corrected chi connectivity index (χ0v) is 5.81. The average Bonchev–Trinajstić information content (AvgIpc) is 1.85. The predicted octanol–water partition coefficient (Wildman–Crippen LogP) is 1.67. The van der Waals surface area contributed by atoms with Gasteiger partial charge in [0.2, 0.25) is 0 Å². The summed E-state index contributed by atoms with van der Waals surface area (Å²) < 4.78 is 38.2. The van der Waals surface area contributed by atoms with Gasteiger partial charge < -0.3 is 4.74 Å². The molecule has 64 valence electrons. The number of halogens is 3. The second-order valence-electron chi connectivity index (χ2n) is 1.84. The highest BCUT2D eigenvalue weighted by atomic mass is 19.4. The molecule has 0 aliphatic carbocycles. The lowest BCUT2D eigenvalue weighted by molar-refractivity contribution is -0.202. The number of rotatable bonds is 2. The first kappa shape index (κ1) is 10.0. The first-order valence-corrected chi connectivity index (χ1v) is 2.78. The van der Waals surface area contributed by atoms with Gasteiger partial charge in [0.15, 0.2) is 0 Å². The summed E-state index contributed by atoms with van der Waals surface area (Å²) in [4.78, 5) is 10.0. The number of carbonyl (C=O) groups is 1. The molecule has 0 fully saturated rings. The monoisotopic (exact) mass is 168 g/mol. The van der Waals surface area contributed by atoms with Gasteiger partial charge in [0.25, 0.3) is 0 Å². The Morgan fingerprint density at radius 3 is 2.36 bits per heavy atom. The van der Waals surface area contributed by atoms with Gasteiger partial charge in [0, 0.05) is 0 Å². The largest absolute Gasteiger partial charge is 0.490 e. The summed E-state index contributed by atoms with van der Waals surface area (Å²) in [6, 6.07) is 0. The Labute approximate surface area is 61.6 Å². The molecule has 0 N–H and O–H groups in total. The van der Waals surface area contributed by atoms with Gasteiger partial charge in [-0.3, -0.25) is 0 Å². The van der Waals surface area contributed by atoms with Crippen molar-refractivity contribution in [3.05, 3.63) is 12.7 Å². The van der Waals surface area contributed by atoms with E-state index in [1.807, 2.05) is 0 Å². The highest BCUT2D eigenvalue weighted by Gasteiger charge is 2.41. The minimum Gasteiger partial charge on any atom is -0.452 e. The summed E-state index contributed by atoms with van der Waals surface area (Å²) in [6.07, 6.45) is -4.73. The molecule has 1 unspecified atom stereocenters. The maximum atomic E-state index is 11.4. The molecule has 0 amide bonds. The number of esters is 1. The van der Waals surface area contributed by atoms with Gasteiger partial charge >= 0.3 is 12.1 Å². The third-order valence-electron chi connectivity index (χ3n) is 0.856. The van der Waals surface area contributed by atoms with Gasteiger partial charge in [-0.1, -0.05) is 12.7 Å². The standard InChI is InChI=1S/C6H7F3O2/c1-3-4(2)11-5(10)6(7,8)9/h3-4H,1H2,2H3. The van der Waals surface area contributed by atoms with Crippen LogP contribution in [0.15, 0.2) is 12.7 Å². The molecule has 0 spiro atoms. The summed E-state index contributed by atoms with van der Waals surface area (Å²) in [5, 5.41) is 0. The fourth-order valence-corrected chi connectivity index (χ4v) is 0.284. The smallest absolute Gasteiger partial charge is 0.452 e. The van der Waals surface area contributed by atoms with E-state index in [9.17, 15) is 18.0 Å². The molecule has 0 rings (SSSR count). The summed E-state index contributed by atoms with van der Waals surface area (Å²) in [7, 11) is 0. The van der Waals surface area contributed by atoms with Crippen LogP contribution < -0.4 is 0 Å². The van der Waals surface area contributed by atoms with Crippen molar-refractivity contribution in [2.24, 2.45) is 0 Å². The number of ether oxygens (including phenoxy) is 1. The second kappa shape index (κ2) is 3.41. The SMILES string of the molecule is C=CC(C)OC(=O)C(F)(F)F. The third-order valence-corrected chi connectivity index (χ3v) is 0.856. The van der Waals surface area contributed by atoms with Crippen LogP contribution in [-0.2, 0) is 9.53 Å². The van der Waals surface area contributed by atoms with Crippen LogP contribution in [0, 0.1) is 0 Å². The van der Waals surface area contributed by atoms with Gasteiger partial charge in [-0.25, -0.2) is 4.79 Å². The Kier molecular flexibility index (Phi) is 3.10. The summed E-state index contributed by atoms with van der Waals surface area (Å²) in [5.41, 5.74) is 0. The molecule has 11 heavy (non-hydrogen) atoms. The quantitative estimate of drug-likeness (QED) is 0.463. The van der Waals surface area contributed by atoms with Gasteiger partial charge in [-0.15, -0.1) is 0 Å². The van der Waals surface area contributed by atoms with Crippen LogP contribution >= 0.6 is 0 Å². The molecule has 5 heteroatoms. The van der Waals surface area contributed by atoms with Gasteiger partial charge in [0.05, 0.1) is 0 Å². The first-order valence-electron chi connectivity index (χ1n) is 2.78. The van der Waals surface area contributed by atoms with Crippen molar-refractivity contribution >= 4 is 5.97 Å². The van der Waals surface area contributed by atoms with E-state index in [-0.39, 0.29) is 0 Å². The fourth-order valence-electron chi connectivity index (χ4n) is 0.284. The lowest BCUT2D eigenvalue weighted by atomic mass is 10.4. The molecule has 0 aliphatic rings. The van der Waals surface area contributed by atoms with Crippen LogP contribution in [0.3, 0.4) is 0 Å². The van der Waals surface area contributed by atoms with Crippen molar-refractivity contribution in [3.63, 3.8) is 0 Å². The van der Waals surface area contributed by atoms with Gasteiger partial charge in [-0.2, -0.15) is 13.2 Å². The molecular formula is C6H7F3O2. The molecular weight excluding hydrogens is 161 g/mol. The molecule has 1 atom stereocenters. The average molecular weight is 168 g/mol. The van der Waals surface area contributed by atoms with Gasteiger partial charge in [-0.05, 0) is 6.92 Å². The Bertz CT molecular complexity index is 162. The Balaban J connectivity index is 3.98. The van der Waals surface area contributed by atoms with E-state index in [2.05, 4.69) is 11.3 Å². The minimum atomic E-state index is -4.92. The highest BCUT2D eigenvalue weighted by Crippen LogP contribution is 2.17. The normalized spacial score (nSPS) is 13.8. The van der Waals surface area contributed by atoms with Crippen molar-refractivity contribution in [1.29, 1.82) is 0 Å². The molecule has 0 aromatic heterocycles. The maximum Gasteiger partial charge on any atom is 0.490 e. The Morgan fingerprint density at radius 2 is 2.09 bits per heavy atom. The van der Waals surface area contributed by atoms with Crippen LogP contribution in [-0.4, -0.2) is 18.2 Å². The zero-order valence-electron chi connectivity index (χ0n) is 5.81. The van der Waals surface area contributed by atoms with Crippen LogP contribution in [0.5, 0.6) is 0 Å². The first-order chi connectivity index (χ1) is 4.88. The van der Waals surface area contributed by atoms with Gasteiger partial charge in [0.1, 0.15) is 6.10 Å². The Hall–Kier alpha value is -1.00. The second-order valence-corrected chi connectivity index (χ2v) is 1.84. The number of hydrogen-bond donors (Lipinski definition) is 0. The molecule has 2 nitrogen and oxygen atoms in total. The molecule has 0 radical (unpaired) electrons. The van der Waals surface area contributed by atoms with Crippen molar-refractivity contribution in [2.45, 2.75) is 19.2 Å². The van der Waals surface area contributed by atoms with Crippen LogP contribution in [0.2, 0.25) is 0 Å². The third kappa shape index (κ3) is 3.64. The molecule has 0 aromatic rings.